The summed E-state index contributed by atoms with van der Waals surface area (Å²) in [7, 11) is 0. The minimum absolute atomic E-state index is 0.0835. The second-order valence-electron chi connectivity index (χ2n) is 5.28. The van der Waals surface area contributed by atoms with Crippen LogP contribution in [0.2, 0.25) is 0 Å². The maximum atomic E-state index is 13.7. The van der Waals surface area contributed by atoms with E-state index < -0.39 is 11.6 Å². The number of nitrogens with zero attached hydrogens (tertiary/aromatic N) is 2. The fraction of sp³-hybridized carbons (Fsp3) is 0.176. The SMILES string of the molecule is Cc1nc2c(OCc3c(F)cccc3F)cccn2c1C(=N)CN. The highest BCUT2D eigenvalue weighted by atomic mass is 19.1. The lowest BCUT2D eigenvalue weighted by Crippen LogP contribution is -2.16. The molecule has 0 saturated heterocycles. The van der Waals surface area contributed by atoms with E-state index in [1.54, 1.807) is 29.7 Å². The Kier molecular flexibility index (Phi) is 4.26. The molecule has 0 unspecified atom stereocenters. The Balaban J connectivity index is 1.98. The van der Waals surface area contributed by atoms with Crippen LogP contribution in [0.3, 0.4) is 0 Å². The van der Waals surface area contributed by atoms with Crippen molar-refractivity contribution in [3.8, 4) is 5.75 Å². The average molecular weight is 330 g/mol. The summed E-state index contributed by atoms with van der Waals surface area (Å²) < 4.78 is 34.7. The fourth-order valence-corrected chi connectivity index (χ4v) is 2.55. The van der Waals surface area contributed by atoms with Gasteiger partial charge in [-0.15, -0.1) is 0 Å². The number of ether oxygens (including phenoxy) is 1. The van der Waals surface area contributed by atoms with Gasteiger partial charge in [0.2, 0.25) is 0 Å². The monoisotopic (exact) mass is 330 g/mol. The maximum Gasteiger partial charge on any atom is 0.180 e. The summed E-state index contributed by atoms with van der Waals surface area (Å²) in [5, 5.41) is 7.96. The Morgan fingerprint density at radius 3 is 2.62 bits per heavy atom. The van der Waals surface area contributed by atoms with Crippen LogP contribution in [0.25, 0.3) is 5.65 Å². The number of hydrogen-bond acceptors (Lipinski definition) is 4. The number of aromatic nitrogens is 2. The first kappa shape index (κ1) is 16.1. The van der Waals surface area contributed by atoms with Crippen LogP contribution in [0.5, 0.6) is 5.75 Å². The van der Waals surface area contributed by atoms with Crippen LogP contribution in [0.1, 0.15) is 17.0 Å². The molecular weight excluding hydrogens is 314 g/mol. The van der Waals surface area contributed by atoms with Gasteiger partial charge in [0.1, 0.15) is 18.2 Å². The number of nitrogens with two attached hydrogens (primary N) is 1. The van der Waals surface area contributed by atoms with Crippen molar-refractivity contribution in [2.24, 2.45) is 5.73 Å². The Labute approximate surface area is 137 Å². The van der Waals surface area contributed by atoms with Gasteiger partial charge < -0.3 is 15.9 Å². The predicted octanol–water partition coefficient (Wildman–Crippen LogP) is 2.83. The van der Waals surface area contributed by atoms with Crippen LogP contribution < -0.4 is 10.5 Å². The van der Waals surface area contributed by atoms with Crippen LogP contribution in [0.15, 0.2) is 36.5 Å². The van der Waals surface area contributed by atoms with E-state index in [1.165, 1.54) is 18.2 Å². The molecule has 0 atom stereocenters. The third-order valence-electron chi connectivity index (χ3n) is 3.71. The average Bonchev–Trinajstić information content (AvgIpc) is 2.90. The molecule has 0 spiro atoms. The number of rotatable bonds is 5. The number of aryl methyl sites for hydroxylation is 1. The summed E-state index contributed by atoms with van der Waals surface area (Å²) in [5.74, 6) is -0.946. The van der Waals surface area contributed by atoms with Crippen molar-refractivity contribution in [2.45, 2.75) is 13.5 Å². The third kappa shape index (κ3) is 2.74. The summed E-state index contributed by atoms with van der Waals surface area (Å²) in [6.07, 6.45) is 1.74. The van der Waals surface area contributed by atoms with Crippen molar-refractivity contribution < 1.29 is 13.5 Å². The number of hydrogen-bond donors (Lipinski definition) is 2. The molecule has 3 aromatic rings. The van der Waals surface area contributed by atoms with E-state index in [1.807, 2.05) is 0 Å². The maximum absolute atomic E-state index is 13.7. The van der Waals surface area contributed by atoms with E-state index in [2.05, 4.69) is 4.98 Å². The van der Waals surface area contributed by atoms with Gasteiger partial charge in [-0.25, -0.2) is 13.8 Å². The van der Waals surface area contributed by atoms with Gasteiger partial charge in [-0.2, -0.15) is 0 Å². The van der Waals surface area contributed by atoms with Crippen molar-refractivity contribution in [3.63, 3.8) is 0 Å². The Morgan fingerprint density at radius 2 is 1.96 bits per heavy atom. The van der Waals surface area contributed by atoms with Gasteiger partial charge in [0, 0.05) is 12.7 Å². The van der Waals surface area contributed by atoms with Crippen LogP contribution in [0, 0.1) is 24.0 Å². The van der Waals surface area contributed by atoms with Crippen LogP contribution in [-0.4, -0.2) is 21.6 Å². The van der Waals surface area contributed by atoms with Gasteiger partial charge in [-0.3, -0.25) is 4.40 Å². The van der Waals surface area contributed by atoms with Crippen molar-refractivity contribution in [3.05, 3.63) is 65.1 Å². The Bertz CT molecular complexity index is 900. The van der Waals surface area contributed by atoms with E-state index in [0.29, 0.717) is 22.8 Å². The fourth-order valence-electron chi connectivity index (χ4n) is 2.55. The zero-order valence-corrected chi connectivity index (χ0v) is 13.0. The summed E-state index contributed by atoms with van der Waals surface area (Å²) in [4.78, 5) is 4.39. The van der Waals surface area contributed by atoms with Gasteiger partial charge in [-0.1, -0.05) is 6.07 Å². The Morgan fingerprint density at radius 1 is 1.25 bits per heavy atom. The van der Waals surface area contributed by atoms with Crippen molar-refractivity contribution >= 4 is 11.4 Å². The number of benzene rings is 1. The van der Waals surface area contributed by atoms with Crippen LogP contribution >= 0.6 is 0 Å². The molecule has 0 amide bonds. The number of fused-ring (bicyclic) bond motifs is 1. The lowest BCUT2D eigenvalue weighted by atomic mass is 10.2. The quantitative estimate of drug-likeness (QED) is 0.706. The smallest absolute Gasteiger partial charge is 0.180 e. The number of halogens is 2. The second kappa shape index (κ2) is 6.37. The normalized spacial score (nSPS) is 11.0. The minimum atomic E-state index is -0.660. The highest BCUT2D eigenvalue weighted by Crippen LogP contribution is 2.24. The van der Waals surface area contributed by atoms with Gasteiger partial charge >= 0.3 is 0 Å². The highest BCUT2D eigenvalue weighted by molar-refractivity contribution is 6.00. The van der Waals surface area contributed by atoms with Gasteiger partial charge in [0.25, 0.3) is 0 Å². The molecule has 0 saturated carbocycles. The summed E-state index contributed by atoms with van der Waals surface area (Å²) in [6, 6.07) is 7.05. The molecule has 0 radical (unpaired) electrons. The standard InChI is InChI=1S/C17H16F2N4O/c1-10-16(14(21)8-20)23-7-3-6-15(17(23)22-10)24-9-11-12(18)4-2-5-13(11)19/h2-7,21H,8-9,20H2,1H3. The molecule has 2 aromatic heterocycles. The molecule has 0 bridgehead atoms. The zero-order chi connectivity index (χ0) is 17.3. The highest BCUT2D eigenvalue weighted by Gasteiger charge is 2.16. The van der Waals surface area contributed by atoms with E-state index in [9.17, 15) is 8.78 Å². The first-order valence-corrected chi connectivity index (χ1v) is 7.34. The lowest BCUT2D eigenvalue weighted by Gasteiger charge is -2.09. The lowest BCUT2D eigenvalue weighted by molar-refractivity contribution is 0.294. The zero-order valence-electron chi connectivity index (χ0n) is 13.0. The molecule has 3 rings (SSSR count). The number of pyridine rings is 1. The van der Waals surface area contributed by atoms with Crippen molar-refractivity contribution in [1.82, 2.24) is 9.38 Å². The molecule has 124 valence electrons. The first-order chi connectivity index (χ1) is 11.5. The van der Waals surface area contributed by atoms with Crippen LogP contribution in [-0.2, 0) is 6.61 Å². The van der Waals surface area contributed by atoms with Gasteiger partial charge in [0.05, 0.1) is 22.7 Å². The van der Waals surface area contributed by atoms with Gasteiger partial charge in [0.15, 0.2) is 11.4 Å². The summed E-state index contributed by atoms with van der Waals surface area (Å²) in [6.45, 7) is 1.60. The summed E-state index contributed by atoms with van der Waals surface area (Å²) >= 11 is 0. The van der Waals surface area contributed by atoms with E-state index in [4.69, 9.17) is 15.9 Å². The molecule has 1 aromatic carbocycles. The molecule has 5 nitrogen and oxygen atoms in total. The van der Waals surface area contributed by atoms with Gasteiger partial charge in [-0.05, 0) is 31.2 Å². The third-order valence-corrected chi connectivity index (χ3v) is 3.71. The second-order valence-corrected chi connectivity index (χ2v) is 5.28. The van der Waals surface area contributed by atoms with E-state index in [-0.39, 0.29) is 24.4 Å². The molecule has 3 N–H and O–H groups in total. The summed E-state index contributed by atoms with van der Waals surface area (Å²) in [5.41, 5.74) is 7.36. The molecule has 2 heterocycles. The number of nitrogens with one attached hydrogen (secondary N) is 1. The van der Waals surface area contributed by atoms with Crippen LogP contribution in [0.4, 0.5) is 8.78 Å². The molecular formula is C17H16F2N4O. The minimum Gasteiger partial charge on any atom is -0.485 e. The molecule has 24 heavy (non-hydrogen) atoms. The van der Waals surface area contributed by atoms with E-state index >= 15 is 0 Å². The molecule has 0 aliphatic rings. The molecule has 7 heteroatoms. The molecule has 0 aliphatic heterocycles. The topological polar surface area (TPSA) is 76.4 Å². The molecule has 0 fully saturated rings. The first-order valence-electron chi connectivity index (χ1n) is 7.34. The largest absolute Gasteiger partial charge is 0.485 e. The predicted molar refractivity (Wildman–Crippen MR) is 86.5 cm³/mol. The molecule has 0 aliphatic carbocycles. The van der Waals surface area contributed by atoms with Crippen molar-refractivity contribution in [1.29, 1.82) is 5.41 Å². The number of imidazole rings is 1. The Hall–Kier alpha value is -2.80. The van der Waals surface area contributed by atoms with E-state index in [0.717, 1.165) is 0 Å². The van der Waals surface area contributed by atoms with Crippen molar-refractivity contribution in [2.75, 3.05) is 6.54 Å².